The van der Waals surface area contributed by atoms with E-state index in [1.165, 1.54) is 6.07 Å². The highest BCUT2D eigenvalue weighted by atomic mass is 79.9. The molecule has 19 heavy (non-hydrogen) atoms. The first-order valence-corrected chi connectivity index (χ1v) is 6.78. The minimum Gasteiger partial charge on any atom is -0.496 e. The van der Waals surface area contributed by atoms with Crippen molar-refractivity contribution in [3.63, 3.8) is 0 Å². The van der Waals surface area contributed by atoms with Crippen LogP contribution in [-0.4, -0.2) is 7.11 Å². The maximum absolute atomic E-state index is 13.7. The summed E-state index contributed by atoms with van der Waals surface area (Å²) in [5.41, 5.74) is 1.31. The number of nitrogens with one attached hydrogen (secondary N) is 1. The van der Waals surface area contributed by atoms with E-state index in [1.54, 1.807) is 37.4 Å². The number of rotatable bonds is 4. The molecule has 0 aromatic heterocycles. The molecule has 0 spiro atoms. The Kier molecular flexibility index (Phi) is 4.66. The Bertz CT molecular complexity index is 592. The summed E-state index contributed by atoms with van der Waals surface area (Å²) in [7, 11) is 1.59. The number of hydrogen-bond acceptors (Lipinski definition) is 2. The molecule has 0 saturated heterocycles. The highest BCUT2D eigenvalue weighted by Gasteiger charge is 2.06. The first-order chi connectivity index (χ1) is 9.10. The first-order valence-electron chi connectivity index (χ1n) is 5.61. The molecule has 5 heteroatoms. The minimum atomic E-state index is -0.310. The van der Waals surface area contributed by atoms with E-state index in [0.29, 0.717) is 21.7 Å². The van der Waals surface area contributed by atoms with Crippen LogP contribution < -0.4 is 10.1 Å². The van der Waals surface area contributed by atoms with Gasteiger partial charge >= 0.3 is 0 Å². The van der Waals surface area contributed by atoms with Gasteiger partial charge in [-0.3, -0.25) is 0 Å². The van der Waals surface area contributed by atoms with Gasteiger partial charge in [0.25, 0.3) is 0 Å². The van der Waals surface area contributed by atoms with E-state index >= 15 is 0 Å². The number of anilines is 1. The number of benzene rings is 2. The van der Waals surface area contributed by atoms with Gasteiger partial charge in [0.2, 0.25) is 0 Å². The van der Waals surface area contributed by atoms with Crippen LogP contribution in [0.2, 0.25) is 5.02 Å². The van der Waals surface area contributed by atoms with Gasteiger partial charge in [0.1, 0.15) is 11.6 Å². The molecule has 0 saturated carbocycles. The number of halogens is 3. The molecular formula is C14H12BrClFNO. The highest BCUT2D eigenvalue weighted by molar-refractivity contribution is 9.10. The van der Waals surface area contributed by atoms with Crippen molar-refractivity contribution in [3.8, 4) is 5.75 Å². The van der Waals surface area contributed by atoms with Crippen LogP contribution in [0.15, 0.2) is 40.9 Å². The Morgan fingerprint density at radius 3 is 2.74 bits per heavy atom. The summed E-state index contributed by atoms with van der Waals surface area (Å²) in [5, 5.41) is 3.64. The fourth-order valence-corrected chi connectivity index (χ4v) is 2.24. The fraction of sp³-hybridized carbons (Fsp3) is 0.143. The van der Waals surface area contributed by atoms with Crippen LogP contribution in [0.1, 0.15) is 5.56 Å². The molecule has 0 radical (unpaired) electrons. The second kappa shape index (κ2) is 6.26. The number of ether oxygens (including phenoxy) is 1. The summed E-state index contributed by atoms with van der Waals surface area (Å²) in [4.78, 5) is 0. The average molecular weight is 345 g/mol. The van der Waals surface area contributed by atoms with E-state index in [9.17, 15) is 4.39 Å². The molecule has 2 rings (SSSR count). The molecule has 2 nitrogen and oxygen atoms in total. The fourth-order valence-electron chi connectivity index (χ4n) is 1.71. The van der Waals surface area contributed by atoms with Crippen molar-refractivity contribution in [3.05, 3.63) is 57.3 Å². The monoisotopic (exact) mass is 343 g/mol. The maximum Gasteiger partial charge on any atom is 0.147 e. The molecule has 2 aromatic carbocycles. The van der Waals surface area contributed by atoms with E-state index in [0.717, 1.165) is 11.3 Å². The molecule has 2 aromatic rings. The van der Waals surface area contributed by atoms with E-state index < -0.39 is 0 Å². The summed E-state index contributed by atoms with van der Waals surface area (Å²) < 4.78 is 19.6. The third-order valence-electron chi connectivity index (χ3n) is 2.64. The van der Waals surface area contributed by atoms with Crippen molar-refractivity contribution in [1.82, 2.24) is 0 Å². The maximum atomic E-state index is 13.7. The van der Waals surface area contributed by atoms with Gasteiger partial charge in [0.15, 0.2) is 0 Å². The van der Waals surface area contributed by atoms with Gasteiger partial charge in [-0.05, 0) is 36.4 Å². The van der Waals surface area contributed by atoms with Crippen LogP contribution in [0.3, 0.4) is 0 Å². The Morgan fingerprint density at radius 2 is 2.05 bits per heavy atom. The lowest BCUT2D eigenvalue weighted by Crippen LogP contribution is -2.03. The predicted molar refractivity (Wildman–Crippen MR) is 79.4 cm³/mol. The van der Waals surface area contributed by atoms with Crippen molar-refractivity contribution >= 4 is 33.2 Å². The van der Waals surface area contributed by atoms with E-state index in [4.69, 9.17) is 16.3 Å². The van der Waals surface area contributed by atoms with Crippen LogP contribution >= 0.6 is 27.5 Å². The molecule has 0 heterocycles. The summed E-state index contributed by atoms with van der Waals surface area (Å²) >= 11 is 9.16. The number of hydrogen-bond donors (Lipinski definition) is 1. The highest BCUT2D eigenvalue weighted by Crippen LogP contribution is 2.25. The molecule has 1 N–H and O–H groups in total. The third-order valence-corrected chi connectivity index (χ3v) is 3.37. The van der Waals surface area contributed by atoms with E-state index in [1.807, 2.05) is 0 Å². The van der Waals surface area contributed by atoms with Gasteiger partial charge in [0.05, 0.1) is 12.8 Å². The lowest BCUT2D eigenvalue weighted by atomic mass is 10.2. The Labute approximate surface area is 124 Å². The first kappa shape index (κ1) is 14.2. The predicted octanol–water partition coefficient (Wildman–Crippen LogP) is 4.86. The van der Waals surface area contributed by atoms with Crippen LogP contribution in [0.25, 0.3) is 0 Å². The second-order valence-corrected chi connectivity index (χ2v) is 5.29. The summed E-state index contributed by atoms with van der Waals surface area (Å²) in [5.74, 6) is 0.407. The summed E-state index contributed by atoms with van der Waals surface area (Å²) in [6.45, 7) is 0.433. The van der Waals surface area contributed by atoms with Gasteiger partial charge < -0.3 is 10.1 Å². The lowest BCUT2D eigenvalue weighted by Gasteiger charge is -2.11. The van der Waals surface area contributed by atoms with Crippen molar-refractivity contribution in [2.45, 2.75) is 6.54 Å². The molecule has 0 atom stereocenters. The smallest absolute Gasteiger partial charge is 0.147 e. The quantitative estimate of drug-likeness (QED) is 0.855. The van der Waals surface area contributed by atoms with Gasteiger partial charge in [-0.15, -0.1) is 0 Å². The van der Waals surface area contributed by atoms with Crippen LogP contribution in [0.4, 0.5) is 10.1 Å². The molecular weight excluding hydrogens is 333 g/mol. The van der Waals surface area contributed by atoms with Crippen LogP contribution in [-0.2, 0) is 6.54 Å². The standard InChI is InChI=1S/C14H12BrClFNO/c1-19-14-5-3-11(16)6-9(14)8-18-13-4-2-10(15)7-12(13)17/h2-7,18H,8H2,1H3. The van der Waals surface area contributed by atoms with E-state index in [-0.39, 0.29) is 5.82 Å². The Balaban J connectivity index is 2.16. The molecule has 0 unspecified atom stereocenters. The minimum absolute atomic E-state index is 0.310. The van der Waals surface area contributed by atoms with Gasteiger partial charge in [-0.1, -0.05) is 27.5 Å². The molecule has 0 aliphatic rings. The normalized spacial score (nSPS) is 10.3. The van der Waals surface area contributed by atoms with Gasteiger partial charge in [-0.25, -0.2) is 4.39 Å². The summed E-state index contributed by atoms with van der Waals surface area (Å²) in [6, 6.07) is 10.2. The zero-order valence-electron chi connectivity index (χ0n) is 10.2. The largest absolute Gasteiger partial charge is 0.496 e. The zero-order chi connectivity index (χ0) is 13.8. The average Bonchev–Trinajstić information content (AvgIpc) is 2.38. The van der Waals surface area contributed by atoms with Crippen LogP contribution in [0.5, 0.6) is 5.75 Å². The van der Waals surface area contributed by atoms with Gasteiger partial charge in [-0.2, -0.15) is 0 Å². The SMILES string of the molecule is COc1ccc(Cl)cc1CNc1ccc(Br)cc1F. The molecule has 0 aliphatic carbocycles. The molecule has 100 valence electrons. The Hall–Kier alpha value is -1.26. The lowest BCUT2D eigenvalue weighted by molar-refractivity contribution is 0.410. The molecule has 0 fully saturated rings. The number of methoxy groups -OCH3 is 1. The Morgan fingerprint density at radius 1 is 1.26 bits per heavy atom. The molecule has 0 aliphatic heterocycles. The van der Waals surface area contributed by atoms with Crippen molar-refractivity contribution < 1.29 is 9.13 Å². The molecule has 0 amide bonds. The van der Waals surface area contributed by atoms with Crippen LogP contribution in [0, 0.1) is 5.82 Å². The molecule has 0 bridgehead atoms. The second-order valence-electron chi connectivity index (χ2n) is 3.93. The van der Waals surface area contributed by atoms with E-state index in [2.05, 4.69) is 21.2 Å². The topological polar surface area (TPSA) is 21.3 Å². The van der Waals surface area contributed by atoms with Crippen molar-refractivity contribution in [2.75, 3.05) is 12.4 Å². The van der Waals surface area contributed by atoms with Gasteiger partial charge in [0, 0.05) is 21.6 Å². The summed E-state index contributed by atoms with van der Waals surface area (Å²) in [6.07, 6.45) is 0. The zero-order valence-corrected chi connectivity index (χ0v) is 12.6. The van der Waals surface area contributed by atoms with Crippen molar-refractivity contribution in [2.24, 2.45) is 0 Å². The van der Waals surface area contributed by atoms with Crippen molar-refractivity contribution in [1.29, 1.82) is 0 Å². The third kappa shape index (κ3) is 3.61.